The van der Waals surface area contributed by atoms with E-state index in [9.17, 15) is 9.59 Å². The predicted octanol–water partition coefficient (Wildman–Crippen LogP) is 3.08. The topological polar surface area (TPSA) is 89.8 Å². The molecule has 1 aliphatic heterocycles. The second kappa shape index (κ2) is 9.10. The zero-order valence-corrected chi connectivity index (χ0v) is 18.2. The Bertz CT molecular complexity index is 1080. The lowest BCUT2D eigenvalue weighted by Gasteiger charge is -2.13. The standard InChI is InChI=1S/C19H19N5O2S3/c1-2-15-22-23-18(29-15)21-14(25)11-28-19-20-13-8-9-27-16(13)17(26)24(19)10-12-6-4-3-5-7-12/h3-7H,2,8-11H2,1H3,(H,21,23,25). The maximum Gasteiger partial charge on any atom is 0.268 e. The number of carbonyl (C=O) groups excluding carboxylic acids is 1. The Morgan fingerprint density at radius 1 is 1.28 bits per heavy atom. The fourth-order valence-electron chi connectivity index (χ4n) is 2.87. The molecule has 3 heterocycles. The van der Waals surface area contributed by atoms with Gasteiger partial charge in [0.05, 0.1) is 22.9 Å². The number of benzene rings is 1. The molecule has 0 aliphatic carbocycles. The van der Waals surface area contributed by atoms with Gasteiger partial charge in [-0.25, -0.2) is 4.98 Å². The summed E-state index contributed by atoms with van der Waals surface area (Å²) < 4.78 is 1.67. The van der Waals surface area contributed by atoms with E-state index in [4.69, 9.17) is 4.98 Å². The Labute approximate surface area is 180 Å². The van der Waals surface area contributed by atoms with E-state index < -0.39 is 0 Å². The smallest absolute Gasteiger partial charge is 0.268 e. The van der Waals surface area contributed by atoms with Gasteiger partial charge in [-0.1, -0.05) is 60.4 Å². The molecule has 3 aromatic rings. The van der Waals surface area contributed by atoms with Gasteiger partial charge in [0.15, 0.2) is 5.16 Å². The van der Waals surface area contributed by atoms with E-state index in [0.717, 1.165) is 39.8 Å². The van der Waals surface area contributed by atoms with E-state index in [1.54, 1.807) is 16.3 Å². The van der Waals surface area contributed by atoms with Gasteiger partial charge in [-0.3, -0.25) is 19.5 Å². The second-order valence-corrected chi connectivity index (χ2v) is 9.45. The SMILES string of the molecule is CCc1nnc(NC(=O)CSc2nc3c(c(=O)n2Cc2ccccc2)SCC3)s1. The Hall–Kier alpha value is -2.17. The summed E-state index contributed by atoms with van der Waals surface area (Å²) in [7, 11) is 0. The van der Waals surface area contributed by atoms with Crippen molar-refractivity contribution in [3.8, 4) is 0 Å². The lowest BCUT2D eigenvalue weighted by Crippen LogP contribution is -2.26. The van der Waals surface area contributed by atoms with E-state index in [1.807, 2.05) is 37.3 Å². The summed E-state index contributed by atoms with van der Waals surface area (Å²) in [5.74, 6) is 0.826. The van der Waals surface area contributed by atoms with Crippen molar-refractivity contribution in [1.29, 1.82) is 0 Å². The number of aryl methyl sites for hydroxylation is 2. The van der Waals surface area contributed by atoms with Gasteiger partial charge in [0.2, 0.25) is 11.0 Å². The number of carbonyl (C=O) groups is 1. The van der Waals surface area contributed by atoms with E-state index >= 15 is 0 Å². The minimum Gasteiger partial charge on any atom is -0.300 e. The minimum absolute atomic E-state index is 0.0269. The van der Waals surface area contributed by atoms with Gasteiger partial charge in [0, 0.05) is 12.2 Å². The van der Waals surface area contributed by atoms with E-state index in [2.05, 4.69) is 15.5 Å². The average Bonchev–Trinajstić information content (AvgIpc) is 3.39. The molecule has 10 heteroatoms. The fourth-order valence-corrected chi connectivity index (χ4v) is 5.43. The first-order chi connectivity index (χ1) is 14.1. The summed E-state index contributed by atoms with van der Waals surface area (Å²) in [5.41, 5.74) is 1.83. The number of rotatable bonds is 7. The molecular weight excluding hydrogens is 426 g/mol. The molecule has 0 atom stereocenters. The number of nitrogens with zero attached hydrogens (tertiary/aromatic N) is 4. The van der Waals surface area contributed by atoms with Crippen LogP contribution in [-0.4, -0.2) is 37.2 Å². The van der Waals surface area contributed by atoms with Crippen molar-refractivity contribution in [2.75, 3.05) is 16.8 Å². The molecule has 0 fully saturated rings. The Morgan fingerprint density at radius 3 is 2.86 bits per heavy atom. The maximum absolute atomic E-state index is 13.0. The summed E-state index contributed by atoms with van der Waals surface area (Å²) in [5, 5.41) is 12.7. The number of thioether (sulfide) groups is 2. The van der Waals surface area contributed by atoms with Crippen molar-refractivity contribution in [1.82, 2.24) is 19.7 Å². The van der Waals surface area contributed by atoms with Crippen LogP contribution in [0.15, 0.2) is 45.2 Å². The number of hydrogen-bond acceptors (Lipinski definition) is 8. The number of amides is 1. The molecule has 0 saturated heterocycles. The van der Waals surface area contributed by atoms with Crippen LogP contribution in [0.4, 0.5) is 5.13 Å². The number of fused-ring (bicyclic) bond motifs is 1. The quantitative estimate of drug-likeness (QED) is 0.441. The van der Waals surface area contributed by atoms with Crippen molar-refractivity contribution in [3.63, 3.8) is 0 Å². The van der Waals surface area contributed by atoms with Crippen LogP contribution in [0.1, 0.15) is 23.2 Å². The maximum atomic E-state index is 13.0. The summed E-state index contributed by atoms with van der Waals surface area (Å²) in [6, 6.07) is 9.80. The molecular formula is C19H19N5O2S3. The molecule has 0 spiro atoms. The highest BCUT2D eigenvalue weighted by Crippen LogP contribution is 2.29. The first-order valence-electron chi connectivity index (χ1n) is 9.19. The third kappa shape index (κ3) is 4.71. The van der Waals surface area contributed by atoms with Crippen LogP contribution in [0.5, 0.6) is 0 Å². The van der Waals surface area contributed by atoms with Gasteiger partial charge in [-0.2, -0.15) is 0 Å². The zero-order valence-electron chi connectivity index (χ0n) is 15.8. The van der Waals surface area contributed by atoms with E-state index in [0.29, 0.717) is 16.8 Å². The van der Waals surface area contributed by atoms with Crippen molar-refractivity contribution in [2.45, 2.75) is 36.4 Å². The van der Waals surface area contributed by atoms with Crippen LogP contribution in [-0.2, 0) is 24.2 Å². The summed E-state index contributed by atoms with van der Waals surface area (Å²) in [6.07, 6.45) is 1.57. The van der Waals surface area contributed by atoms with Crippen LogP contribution in [0.25, 0.3) is 0 Å². The third-order valence-corrected chi connectivity index (χ3v) is 7.35. The van der Waals surface area contributed by atoms with Crippen LogP contribution < -0.4 is 10.9 Å². The monoisotopic (exact) mass is 445 g/mol. The lowest BCUT2D eigenvalue weighted by atomic mass is 10.2. The highest BCUT2D eigenvalue weighted by atomic mass is 32.2. The van der Waals surface area contributed by atoms with Crippen LogP contribution in [0.3, 0.4) is 0 Å². The Kier molecular flexibility index (Phi) is 6.31. The van der Waals surface area contributed by atoms with Crippen molar-refractivity contribution in [2.24, 2.45) is 0 Å². The molecule has 0 bridgehead atoms. The minimum atomic E-state index is -0.191. The molecule has 4 rings (SSSR count). The summed E-state index contributed by atoms with van der Waals surface area (Å²) in [4.78, 5) is 30.8. The van der Waals surface area contributed by atoms with Crippen LogP contribution >= 0.6 is 34.9 Å². The average molecular weight is 446 g/mol. The first-order valence-corrected chi connectivity index (χ1v) is 12.0. The molecule has 150 valence electrons. The molecule has 29 heavy (non-hydrogen) atoms. The molecule has 0 unspecified atom stereocenters. The van der Waals surface area contributed by atoms with Crippen molar-refractivity contribution >= 4 is 45.9 Å². The summed E-state index contributed by atoms with van der Waals surface area (Å²) in [6.45, 7) is 2.42. The van der Waals surface area contributed by atoms with Crippen molar-refractivity contribution < 1.29 is 4.79 Å². The number of aromatic nitrogens is 4. The van der Waals surface area contributed by atoms with Gasteiger partial charge < -0.3 is 0 Å². The van der Waals surface area contributed by atoms with Gasteiger partial charge in [-0.05, 0) is 12.0 Å². The molecule has 2 aromatic heterocycles. The fraction of sp³-hybridized carbons (Fsp3) is 0.316. The van der Waals surface area contributed by atoms with E-state index in [1.165, 1.54) is 23.1 Å². The first kappa shape index (κ1) is 20.1. The highest BCUT2D eigenvalue weighted by molar-refractivity contribution is 8.00. The van der Waals surface area contributed by atoms with Crippen LogP contribution in [0, 0.1) is 0 Å². The van der Waals surface area contributed by atoms with Gasteiger partial charge in [0.1, 0.15) is 5.01 Å². The number of nitrogens with one attached hydrogen (secondary N) is 1. The molecule has 1 amide bonds. The molecule has 1 N–H and O–H groups in total. The predicted molar refractivity (Wildman–Crippen MR) is 117 cm³/mol. The van der Waals surface area contributed by atoms with Gasteiger partial charge in [0.25, 0.3) is 5.56 Å². The Balaban J connectivity index is 1.53. The van der Waals surface area contributed by atoms with Crippen molar-refractivity contribution in [3.05, 3.63) is 57.0 Å². The lowest BCUT2D eigenvalue weighted by molar-refractivity contribution is -0.113. The molecule has 0 radical (unpaired) electrons. The zero-order chi connectivity index (χ0) is 20.2. The van der Waals surface area contributed by atoms with E-state index in [-0.39, 0.29) is 17.2 Å². The number of hydrogen-bond donors (Lipinski definition) is 1. The van der Waals surface area contributed by atoms with Gasteiger partial charge >= 0.3 is 0 Å². The molecule has 0 saturated carbocycles. The number of anilines is 1. The largest absolute Gasteiger partial charge is 0.300 e. The summed E-state index contributed by atoms with van der Waals surface area (Å²) >= 11 is 4.20. The Morgan fingerprint density at radius 2 is 2.10 bits per heavy atom. The molecule has 1 aromatic carbocycles. The highest BCUT2D eigenvalue weighted by Gasteiger charge is 2.22. The normalized spacial score (nSPS) is 12.7. The van der Waals surface area contributed by atoms with Gasteiger partial charge in [-0.15, -0.1) is 22.0 Å². The third-order valence-electron chi connectivity index (χ3n) is 4.28. The molecule has 1 aliphatic rings. The second-order valence-electron chi connectivity index (χ2n) is 6.34. The molecule has 7 nitrogen and oxygen atoms in total. The van der Waals surface area contributed by atoms with Crippen LogP contribution in [0.2, 0.25) is 0 Å².